The van der Waals surface area contributed by atoms with Crippen molar-refractivity contribution in [2.75, 3.05) is 5.32 Å². The molecule has 0 saturated carbocycles. The quantitative estimate of drug-likeness (QED) is 0.731. The van der Waals surface area contributed by atoms with Gasteiger partial charge in [0.15, 0.2) is 0 Å². The molecular formula is C18H17N3OS. The van der Waals surface area contributed by atoms with Gasteiger partial charge in [0, 0.05) is 29.4 Å². The van der Waals surface area contributed by atoms with Crippen LogP contribution in [-0.4, -0.2) is 16.9 Å². The van der Waals surface area contributed by atoms with Crippen LogP contribution in [0.1, 0.15) is 4.88 Å². The molecule has 0 fully saturated rings. The molecule has 0 spiro atoms. The molecule has 0 aliphatic carbocycles. The predicted molar refractivity (Wildman–Crippen MR) is 94.3 cm³/mol. The summed E-state index contributed by atoms with van der Waals surface area (Å²) >= 11 is 1.63. The number of aromatic nitrogens is 1. The summed E-state index contributed by atoms with van der Waals surface area (Å²) in [6.45, 7) is 0. The van der Waals surface area contributed by atoms with Crippen LogP contribution in [-0.2, 0) is 11.2 Å². The van der Waals surface area contributed by atoms with E-state index in [2.05, 4.69) is 10.3 Å². The standard InChI is InChI=1S/C18H17N3OS/c19-18(22)17(12-16-2-1-11-23-16)21-15-5-3-13(4-6-15)14-7-9-20-10-8-14/h1-11,17,21H,12H2,(H2,19,22)/t17-/m1/s1. The monoisotopic (exact) mass is 323 g/mol. The number of rotatable bonds is 6. The van der Waals surface area contributed by atoms with E-state index in [4.69, 9.17) is 5.73 Å². The fourth-order valence-electron chi connectivity index (χ4n) is 2.36. The Bertz CT molecular complexity index is 755. The van der Waals surface area contributed by atoms with Crippen LogP contribution in [0, 0.1) is 0 Å². The molecule has 4 nitrogen and oxygen atoms in total. The second-order valence-corrected chi connectivity index (χ2v) is 6.23. The molecule has 1 atom stereocenters. The van der Waals surface area contributed by atoms with Gasteiger partial charge in [-0.2, -0.15) is 0 Å². The molecule has 0 bridgehead atoms. The molecule has 3 rings (SSSR count). The molecule has 0 unspecified atom stereocenters. The lowest BCUT2D eigenvalue weighted by Gasteiger charge is -2.16. The lowest BCUT2D eigenvalue weighted by Crippen LogP contribution is -2.37. The van der Waals surface area contributed by atoms with E-state index in [1.807, 2.05) is 53.9 Å². The molecule has 0 radical (unpaired) electrons. The summed E-state index contributed by atoms with van der Waals surface area (Å²) in [5.41, 5.74) is 8.61. The molecule has 2 heterocycles. The topological polar surface area (TPSA) is 68.0 Å². The number of nitrogens with one attached hydrogen (secondary N) is 1. The Morgan fingerprint density at radius 3 is 2.39 bits per heavy atom. The first-order valence-corrected chi connectivity index (χ1v) is 8.19. The van der Waals surface area contributed by atoms with Gasteiger partial charge in [0.05, 0.1) is 0 Å². The van der Waals surface area contributed by atoms with Crippen molar-refractivity contribution in [1.29, 1.82) is 0 Å². The number of carbonyl (C=O) groups is 1. The van der Waals surface area contributed by atoms with Crippen LogP contribution in [0.4, 0.5) is 5.69 Å². The first-order valence-electron chi connectivity index (χ1n) is 7.31. The molecule has 3 N–H and O–H groups in total. The van der Waals surface area contributed by atoms with Crippen molar-refractivity contribution in [3.05, 3.63) is 71.2 Å². The molecule has 23 heavy (non-hydrogen) atoms. The number of anilines is 1. The maximum atomic E-state index is 11.7. The number of benzene rings is 1. The average molecular weight is 323 g/mol. The third kappa shape index (κ3) is 3.96. The first kappa shape index (κ1) is 15.2. The predicted octanol–water partition coefficient (Wildman–Crippen LogP) is 3.32. The molecular weight excluding hydrogens is 306 g/mol. The van der Waals surface area contributed by atoms with Gasteiger partial charge >= 0.3 is 0 Å². The van der Waals surface area contributed by atoms with Crippen LogP contribution < -0.4 is 11.1 Å². The van der Waals surface area contributed by atoms with E-state index in [-0.39, 0.29) is 5.91 Å². The van der Waals surface area contributed by atoms with Crippen molar-refractivity contribution in [2.24, 2.45) is 5.73 Å². The zero-order chi connectivity index (χ0) is 16.1. The summed E-state index contributed by atoms with van der Waals surface area (Å²) in [5.74, 6) is -0.350. The summed E-state index contributed by atoms with van der Waals surface area (Å²) in [7, 11) is 0. The third-order valence-electron chi connectivity index (χ3n) is 3.57. The fourth-order valence-corrected chi connectivity index (χ4v) is 3.11. The van der Waals surface area contributed by atoms with Gasteiger partial charge in [-0.25, -0.2) is 0 Å². The lowest BCUT2D eigenvalue weighted by atomic mass is 10.1. The molecule has 1 amide bonds. The van der Waals surface area contributed by atoms with Crippen molar-refractivity contribution >= 4 is 22.9 Å². The minimum absolute atomic E-state index is 0.350. The van der Waals surface area contributed by atoms with Crippen molar-refractivity contribution in [3.8, 4) is 11.1 Å². The van der Waals surface area contributed by atoms with E-state index in [1.165, 1.54) is 0 Å². The van der Waals surface area contributed by atoms with Gasteiger partial charge in [-0.15, -0.1) is 11.3 Å². The molecule has 116 valence electrons. The van der Waals surface area contributed by atoms with Crippen LogP contribution >= 0.6 is 11.3 Å². The van der Waals surface area contributed by atoms with E-state index in [1.54, 1.807) is 23.7 Å². The zero-order valence-corrected chi connectivity index (χ0v) is 13.3. The zero-order valence-electron chi connectivity index (χ0n) is 12.5. The Balaban J connectivity index is 1.72. The van der Waals surface area contributed by atoms with E-state index >= 15 is 0 Å². The van der Waals surface area contributed by atoms with E-state index in [0.717, 1.165) is 21.7 Å². The molecule has 5 heteroatoms. The second kappa shape index (κ2) is 7.07. The molecule has 0 saturated heterocycles. The van der Waals surface area contributed by atoms with Gasteiger partial charge in [-0.1, -0.05) is 18.2 Å². The Morgan fingerprint density at radius 1 is 1.09 bits per heavy atom. The highest BCUT2D eigenvalue weighted by Gasteiger charge is 2.16. The number of thiophene rings is 1. The van der Waals surface area contributed by atoms with Gasteiger partial charge in [0.2, 0.25) is 5.91 Å². The number of hydrogen-bond donors (Lipinski definition) is 2. The summed E-state index contributed by atoms with van der Waals surface area (Å²) < 4.78 is 0. The Hall–Kier alpha value is -2.66. The molecule has 0 aliphatic rings. The Labute approximate surface area is 139 Å². The number of pyridine rings is 1. The highest BCUT2D eigenvalue weighted by Crippen LogP contribution is 2.21. The second-order valence-electron chi connectivity index (χ2n) is 5.20. The van der Waals surface area contributed by atoms with E-state index in [9.17, 15) is 4.79 Å². The van der Waals surface area contributed by atoms with Crippen molar-refractivity contribution in [3.63, 3.8) is 0 Å². The van der Waals surface area contributed by atoms with E-state index < -0.39 is 6.04 Å². The maximum absolute atomic E-state index is 11.7. The summed E-state index contributed by atoms with van der Waals surface area (Å²) in [4.78, 5) is 16.8. The highest BCUT2D eigenvalue weighted by atomic mass is 32.1. The van der Waals surface area contributed by atoms with Crippen LogP contribution in [0.2, 0.25) is 0 Å². The normalized spacial score (nSPS) is 11.8. The van der Waals surface area contributed by atoms with Gasteiger partial charge in [0.25, 0.3) is 0 Å². The molecule has 3 aromatic rings. The minimum atomic E-state index is -0.416. The minimum Gasteiger partial charge on any atom is -0.373 e. The SMILES string of the molecule is NC(=O)[C@@H](Cc1cccs1)Nc1ccc(-c2ccncc2)cc1. The largest absolute Gasteiger partial charge is 0.373 e. The van der Waals surface area contributed by atoms with Gasteiger partial charge in [-0.05, 0) is 46.8 Å². The van der Waals surface area contributed by atoms with Crippen LogP contribution in [0.5, 0.6) is 0 Å². The van der Waals surface area contributed by atoms with Crippen molar-refractivity contribution in [1.82, 2.24) is 4.98 Å². The number of hydrogen-bond acceptors (Lipinski definition) is 4. The molecule has 1 aromatic carbocycles. The van der Waals surface area contributed by atoms with Crippen LogP contribution in [0.3, 0.4) is 0 Å². The summed E-state index contributed by atoms with van der Waals surface area (Å²) in [6.07, 6.45) is 4.14. The van der Waals surface area contributed by atoms with Gasteiger partial charge < -0.3 is 11.1 Å². The van der Waals surface area contributed by atoms with Crippen molar-refractivity contribution in [2.45, 2.75) is 12.5 Å². The van der Waals surface area contributed by atoms with Crippen molar-refractivity contribution < 1.29 is 4.79 Å². The number of primary amides is 1. The number of nitrogens with zero attached hydrogens (tertiary/aromatic N) is 1. The summed E-state index contributed by atoms with van der Waals surface area (Å²) in [5, 5.41) is 5.21. The Kier molecular flexibility index (Phi) is 4.68. The Morgan fingerprint density at radius 2 is 1.78 bits per heavy atom. The highest BCUT2D eigenvalue weighted by molar-refractivity contribution is 7.09. The van der Waals surface area contributed by atoms with Gasteiger partial charge in [-0.3, -0.25) is 9.78 Å². The van der Waals surface area contributed by atoms with Gasteiger partial charge in [0.1, 0.15) is 6.04 Å². The first-order chi connectivity index (χ1) is 11.2. The number of carbonyl (C=O) groups excluding carboxylic acids is 1. The van der Waals surface area contributed by atoms with E-state index in [0.29, 0.717) is 6.42 Å². The van der Waals surface area contributed by atoms with Crippen LogP contribution in [0.15, 0.2) is 66.3 Å². The molecule has 2 aromatic heterocycles. The smallest absolute Gasteiger partial charge is 0.240 e. The average Bonchev–Trinajstić information content (AvgIpc) is 3.09. The maximum Gasteiger partial charge on any atom is 0.240 e. The lowest BCUT2D eigenvalue weighted by molar-refractivity contribution is -0.118. The van der Waals surface area contributed by atoms with Crippen LogP contribution in [0.25, 0.3) is 11.1 Å². The molecule has 0 aliphatic heterocycles. The third-order valence-corrected chi connectivity index (χ3v) is 4.47. The number of nitrogens with two attached hydrogens (primary N) is 1. The summed E-state index contributed by atoms with van der Waals surface area (Å²) in [6, 6.07) is 15.4. The number of amides is 1. The fraction of sp³-hybridized carbons (Fsp3) is 0.111.